The molecule has 0 radical (unpaired) electrons. The standard InChI is InChI=1S/C16H16ClF3N4OS/c17-15-22-10-13(26-15)9-21-11-1-3-12(4-2-11)23-5-7-24(8-6-23)14(25)16(18,19)20/h1-4,10,21H,5-9H2. The summed E-state index contributed by atoms with van der Waals surface area (Å²) in [6, 6.07) is 7.63. The largest absolute Gasteiger partial charge is 0.471 e. The normalized spacial score (nSPS) is 15.2. The van der Waals surface area contributed by atoms with Gasteiger partial charge in [0.25, 0.3) is 0 Å². The zero-order valence-electron chi connectivity index (χ0n) is 13.6. The molecule has 1 aliphatic heterocycles. The number of alkyl halides is 3. The van der Waals surface area contributed by atoms with Crippen LogP contribution >= 0.6 is 22.9 Å². The molecule has 140 valence electrons. The number of hydrogen-bond donors (Lipinski definition) is 1. The van der Waals surface area contributed by atoms with Crippen molar-refractivity contribution in [3.8, 4) is 0 Å². The maximum absolute atomic E-state index is 12.5. The van der Waals surface area contributed by atoms with E-state index in [1.807, 2.05) is 29.2 Å². The summed E-state index contributed by atoms with van der Waals surface area (Å²) in [6.07, 6.45) is -3.09. The van der Waals surface area contributed by atoms with Gasteiger partial charge in [-0.05, 0) is 24.3 Å². The van der Waals surface area contributed by atoms with Crippen molar-refractivity contribution < 1.29 is 18.0 Å². The van der Waals surface area contributed by atoms with Gasteiger partial charge in [0, 0.05) is 48.6 Å². The van der Waals surface area contributed by atoms with Crippen LogP contribution in [0.25, 0.3) is 0 Å². The maximum Gasteiger partial charge on any atom is 0.471 e. The lowest BCUT2D eigenvalue weighted by atomic mass is 10.2. The van der Waals surface area contributed by atoms with E-state index in [2.05, 4.69) is 10.3 Å². The predicted octanol–water partition coefficient (Wildman–Crippen LogP) is 3.62. The highest BCUT2D eigenvalue weighted by Crippen LogP contribution is 2.24. The van der Waals surface area contributed by atoms with Crippen LogP contribution in [0.1, 0.15) is 4.88 Å². The van der Waals surface area contributed by atoms with Crippen LogP contribution in [0.2, 0.25) is 4.47 Å². The molecule has 1 N–H and O–H groups in total. The van der Waals surface area contributed by atoms with Crippen LogP contribution < -0.4 is 10.2 Å². The van der Waals surface area contributed by atoms with Gasteiger partial charge in [-0.1, -0.05) is 11.6 Å². The zero-order valence-corrected chi connectivity index (χ0v) is 15.2. The SMILES string of the molecule is O=C(N1CCN(c2ccc(NCc3cnc(Cl)s3)cc2)CC1)C(F)(F)F. The number of amides is 1. The number of carbonyl (C=O) groups is 1. The van der Waals surface area contributed by atoms with Gasteiger partial charge in [-0.15, -0.1) is 11.3 Å². The van der Waals surface area contributed by atoms with Crippen LogP contribution in [-0.4, -0.2) is 48.1 Å². The summed E-state index contributed by atoms with van der Waals surface area (Å²) in [5.41, 5.74) is 1.83. The first-order valence-corrected chi connectivity index (χ1v) is 9.07. The molecule has 1 aromatic carbocycles. The molecule has 0 saturated carbocycles. The minimum atomic E-state index is -4.81. The number of benzene rings is 1. The Morgan fingerprint density at radius 1 is 1.19 bits per heavy atom. The zero-order chi connectivity index (χ0) is 18.7. The van der Waals surface area contributed by atoms with Crippen molar-refractivity contribution in [2.24, 2.45) is 0 Å². The highest BCUT2D eigenvalue weighted by molar-refractivity contribution is 7.15. The third kappa shape index (κ3) is 4.59. The Kier molecular flexibility index (Phi) is 5.57. The molecule has 1 fully saturated rings. The van der Waals surface area contributed by atoms with Crippen LogP contribution in [0.3, 0.4) is 0 Å². The maximum atomic E-state index is 12.5. The fourth-order valence-electron chi connectivity index (χ4n) is 2.69. The molecule has 10 heteroatoms. The number of rotatable bonds is 4. The number of hydrogen-bond acceptors (Lipinski definition) is 5. The molecule has 5 nitrogen and oxygen atoms in total. The van der Waals surface area contributed by atoms with Crippen LogP contribution in [0.15, 0.2) is 30.5 Å². The number of nitrogens with one attached hydrogen (secondary N) is 1. The van der Waals surface area contributed by atoms with Crippen molar-refractivity contribution in [3.63, 3.8) is 0 Å². The topological polar surface area (TPSA) is 48.5 Å². The van der Waals surface area contributed by atoms with Gasteiger partial charge in [0.05, 0.1) is 6.54 Å². The Morgan fingerprint density at radius 2 is 1.85 bits per heavy atom. The van der Waals surface area contributed by atoms with Gasteiger partial charge < -0.3 is 15.1 Å². The molecule has 0 spiro atoms. The summed E-state index contributed by atoms with van der Waals surface area (Å²) < 4.78 is 37.9. The molecular weight excluding hydrogens is 389 g/mol. The summed E-state index contributed by atoms with van der Waals surface area (Å²) in [6.45, 7) is 1.47. The highest BCUT2D eigenvalue weighted by Gasteiger charge is 2.43. The Hall–Kier alpha value is -2.00. The molecule has 1 aromatic heterocycles. The average Bonchev–Trinajstić information content (AvgIpc) is 3.04. The van der Waals surface area contributed by atoms with Gasteiger partial charge in [-0.25, -0.2) is 4.98 Å². The van der Waals surface area contributed by atoms with E-state index < -0.39 is 12.1 Å². The minimum Gasteiger partial charge on any atom is -0.380 e. The quantitative estimate of drug-likeness (QED) is 0.845. The number of thiazole rings is 1. The lowest BCUT2D eigenvalue weighted by molar-refractivity contribution is -0.185. The summed E-state index contributed by atoms with van der Waals surface area (Å²) in [5, 5.41) is 3.26. The lowest BCUT2D eigenvalue weighted by Gasteiger charge is -2.36. The number of aromatic nitrogens is 1. The molecule has 0 atom stereocenters. The Bertz CT molecular complexity index is 758. The molecule has 3 rings (SSSR count). The van der Waals surface area contributed by atoms with E-state index in [0.29, 0.717) is 24.1 Å². The number of piperazine rings is 1. The first-order valence-electron chi connectivity index (χ1n) is 7.88. The summed E-state index contributed by atoms with van der Waals surface area (Å²) in [4.78, 5) is 19.1. The molecule has 1 saturated heterocycles. The molecule has 2 aromatic rings. The van der Waals surface area contributed by atoms with E-state index in [-0.39, 0.29) is 13.1 Å². The van der Waals surface area contributed by atoms with Gasteiger partial charge in [0.15, 0.2) is 4.47 Å². The number of nitrogens with zero attached hydrogens (tertiary/aromatic N) is 3. The Labute approximate surface area is 157 Å². The van der Waals surface area contributed by atoms with Crippen molar-refractivity contribution >= 4 is 40.2 Å². The molecule has 1 aliphatic rings. The smallest absolute Gasteiger partial charge is 0.380 e. The number of anilines is 2. The molecular formula is C16H16ClF3N4OS. The van der Waals surface area contributed by atoms with Gasteiger partial charge in [-0.3, -0.25) is 4.79 Å². The second-order valence-corrected chi connectivity index (χ2v) is 7.45. The first-order chi connectivity index (χ1) is 12.3. The van der Waals surface area contributed by atoms with Crippen LogP contribution in [0, 0.1) is 0 Å². The number of carbonyl (C=O) groups excluding carboxylic acids is 1. The highest BCUT2D eigenvalue weighted by atomic mass is 35.5. The van der Waals surface area contributed by atoms with Crippen molar-refractivity contribution in [1.82, 2.24) is 9.88 Å². The number of halogens is 4. The third-order valence-corrected chi connectivity index (χ3v) is 5.15. The van der Waals surface area contributed by atoms with Gasteiger partial charge >= 0.3 is 12.1 Å². The molecule has 26 heavy (non-hydrogen) atoms. The van der Waals surface area contributed by atoms with E-state index in [9.17, 15) is 18.0 Å². The fourth-order valence-corrected chi connectivity index (χ4v) is 3.61. The van der Waals surface area contributed by atoms with E-state index in [1.165, 1.54) is 11.3 Å². The van der Waals surface area contributed by atoms with Gasteiger partial charge in [-0.2, -0.15) is 13.2 Å². The second-order valence-electron chi connectivity index (χ2n) is 5.76. The van der Waals surface area contributed by atoms with Crippen molar-refractivity contribution in [2.45, 2.75) is 12.7 Å². The average molecular weight is 405 g/mol. The minimum absolute atomic E-state index is 0.0600. The molecule has 2 heterocycles. The van der Waals surface area contributed by atoms with Crippen LogP contribution in [0.5, 0.6) is 0 Å². The van der Waals surface area contributed by atoms with E-state index in [1.54, 1.807) is 6.20 Å². The van der Waals surface area contributed by atoms with Crippen LogP contribution in [0.4, 0.5) is 24.5 Å². The lowest BCUT2D eigenvalue weighted by Crippen LogP contribution is -2.52. The van der Waals surface area contributed by atoms with E-state index in [4.69, 9.17) is 11.6 Å². The molecule has 0 bridgehead atoms. The van der Waals surface area contributed by atoms with Gasteiger partial charge in [0.2, 0.25) is 0 Å². The predicted molar refractivity (Wildman–Crippen MR) is 95.7 cm³/mol. The Balaban J connectivity index is 1.52. The fraction of sp³-hybridized carbons (Fsp3) is 0.375. The first kappa shape index (κ1) is 18.8. The van der Waals surface area contributed by atoms with Gasteiger partial charge in [0.1, 0.15) is 0 Å². The van der Waals surface area contributed by atoms with Crippen molar-refractivity contribution in [3.05, 3.63) is 39.8 Å². The Morgan fingerprint density at radius 3 is 2.38 bits per heavy atom. The summed E-state index contributed by atoms with van der Waals surface area (Å²) in [5.74, 6) is -1.76. The van der Waals surface area contributed by atoms with Crippen molar-refractivity contribution in [2.75, 3.05) is 36.4 Å². The van der Waals surface area contributed by atoms with Crippen molar-refractivity contribution in [1.29, 1.82) is 0 Å². The third-order valence-electron chi connectivity index (χ3n) is 4.03. The van der Waals surface area contributed by atoms with E-state index in [0.717, 1.165) is 21.2 Å². The summed E-state index contributed by atoms with van der Waals surface area (Å²) in [7, 11) is 0. The van der Waals surface area contributed by atoms with E-state index >= 15 is 0 Å². The monoisotopic (exact) mass is 404 g/mol. The molecule has 0 aliphatic carbocycles. The summed E-state index contributed by atoms with van der Waals surface area (Å²) >= 11 is 7.20. The molecule has 1 amide bonds. The second kappa shape index (κ2) is 7.71. The van der Waals surface area contributed by atoms with Crippen LogP contribution in [-0.2, 0) is 11.3 Å². The molecule has 0 unspecified atom stereocenters.